The summed E-state index contributed by atoms with van der Waals surface area (Å²) in [6, 6.07) is 0.113. The largest absolute Gasteiger partial charge is 0.419 e. The summed E-state index contributed by atoms with van der Waals surface area (Å²) < 4.78 is 44.7. The number of rotatable bonds is 3. The number of pyridine rings is 1. The van der Waals surface area contributed by atoms with E-state index in [0.717, 1.165) is 25.7 Å². The Balaban J connectivity index is 1.88. The van der Waals surface area contributed by atoms with Crippen LogP contribution in [0.25, 0.3) is 10.9 Å². The van der Waals surface area contributed by atoms with Crippen LogP contribution in [0.3, 0.4) is 0 Å². The summed E-state index contributed by atoms with van der Waals surface area (Å²) in [6.45, 7) is 0. The number of halogens is 3. The van der Waals surface area contributed by atoms with E-state index in [1.54, 1.807) is 7.11 Å². The van der Waals surface area contributed by atoms with Crippen LogP contribution in [0, 0.1) is 0 Å². The van der Waals surface area contributed by atoms with Crippen LogP contribution in [-0.2, 0) is 10.9 Å². The van der Waals surface area contributed by atoms with Gasteiger partial charge in [0.2, 0.25) is 5.95 Å². The molecule has 1 fully saturated rings. The highest BCUT2D eigenvalue weighted by Gasteiger charge is 2.34. The van der Waals surface area contributed by atoms with E-state index in [0.29, 0.717) is 6.20 Å². The van der Waals surface area contributed by atoms with E-state index >= 15 is 0 Å². The summed E-state index contributed by atoms with van der Waals surface area (Å²) in [5.41, 5.74) is 4.49. The first-order valence-corrected chi connectivity index (χ1v) is 7.66. The van der Waals surface area contributed by atoms with Crippen LogP contribution in [0.4, 0.5) is 24.9 Å². The highest BCUT2D eigenvalue weighted by molar-refractivity contribution is 5.90. The number of nitrogens with zero attached hydrogens (tertiary/aromatic N) is 3. The number of fused-ring (bicyclic) bond motifs is 1. The lowest BCUT2D eigenvalue weighted by atomic mass is 9.93. The molecule has 3 N–H and O–H groups in total. The molecule has 0 bridgehead atoms. The van der Waals surface area contributed by atoms with E-state index in [4.69, 9.17) is 10.5 Å². The van der Waals surface area contributed by atoms with Crippen molar-refractivity contribution >= 4 is 22.7 Å². The maximum atomic E-state index is 13.1. The quantitative estimate of drug-likeness (QED) is 0.893. The Hall–Kier alpha value is -2.16. The molecule has 0 saturated heterocycles. The molecule has 2 aromatic heterocycles. The van der Waals surface area contributed by atoms with E-state index < -0.39 is 11.7 Å². The number of ether oxygens (including phenoxy) is 1. The van der Waals surface area contributed by atoms with E-state index in [1.807, 2.05) is 0 Å². The second kappa shape index (κ2) is 6.39. The van der Waals surface area contributed by atoms with Gasteiger partial charge in [0.05, 0.1) is 17.0 Å². The maximum Gasteiger partial charge on any atom is 0.419 e. The van der Waals surface area contributed by atoms with Gasteiger partial charge in [0.1, 0.15) is 11.4 Å². The van der Waals surface area contributed by atoms with Crippen molar-refractivity contribution in [1.82, 2.24) is 15.0 Å². The first-order chi connectivity index (χ1) is 11.4. The topological polar surface area (TPSA) is 86.0 Å². The van der Waals surface area contributed by atoms with Gasteiger partial charge in [-0.05, 0) is 25.7 Å². The molecule has 1 saturated carbocycles. The number of hydrogen-bond donors (Lipinski definition) is 2. The van der Waals surface area contributed by atoms with Crippen LogP contribution in [0.5, 0.6) is 0 Å². The first kappa shape index (κ1) is 16.7. The Morgan fingerprint density at radius 3 is 2.50 bits per heavy atom. The number of anilines is 2. The second-order valence-corrected chi connectivity index (χ2v) is 5.86. The van der Waals surface area contributed by atoms with Gasteiger partial charge in [0, 0.05) is 25.5 Å². The molecular formula is C15H18F3N5O. The number of nitrogen functional groups attached to an aromatic ring is 1. The Bertz CT molecular complexity index is 729. The fourth-order valence-electron chi connectivity index (χ4n) is 2.94. The van der Waals surface area contributed by atoms with Crippen LogP contribution in [0.2, 0.25) is 0 Å². The molecule has 2 aromatic rings. The molecule has 1 aliphatic rings. The van der Waals surface area contributed by atoms with Crippen molar-refractivity contribution in [2.24, 2.45) is 0 Å². The van der Waals surface area contributed by atoms with Crippen LogP contribution in [-0.4, -0.2) is 34.2 Å². The smallest absolute Gasteiger partial charge is 0.383 e. The van der Waals surface area contributed by atoms with Gasteiger partial charge in [-0.3, -0.25) is 0 Å². The van der Waals surface area contributed by atoms with Gasteiger partial charge in [-0.1, -0.05) is 0 Å². The average molecular weight is 341 g/mol. The summed E-state index contributed by atoms with van der Waals surface area (Å²) >= 11 is 0. The molecule has 0 radical (unpaired) electrons. The second-order valence-electron chi connectivity index (χ2n) is 5.86. The van der Waals surface area contributed by atoms with Gasteiger partial charge in [-0.15, -0.1) is 0 Å². The zero-order valence-electron chi connectivity index (χ0n) is 13.1. The molecule has 9 heteroatoms. The van der Waals surface area contributed by atoms with Crippen molar-refractivity contribution in [1.29, 1.82) is 0 Å². The Morgan fingerprint density at radius 1 is 1.17 bits per heavy atom. The number of methoxy groups -OCH3 is 1. The normalized spacial score (nSPS) is 21.8. The van der Waals surface area contributed by atoms with E-state index in [-0.39, 0.29) is 34.8 Å². The van der Waals surface area contributed by atoms with Gasteiger partial charge >= 0.3 is 6.18 Å². The highest BCUT2D eigenvalue weighted by atomic mass is 19.4. The third kappa shape index (κ3) is 3.35. The third-order valence-corrected chi connectivity index (χ3v) is 4.30. The van der Waals surface area contributed by atoms with Crippen LogP contribution >= 0.6 is 0 Å². The van der Waals surface area contributed by atoms with Gasteiger partial charge in [0.15, 0.2) is 0 Å². The van der Waals surface area contributed by atoms with Crippen LogP contribution in [0.1, 0.15) is 31.2 Å². The Morgan fingerprint density at radius 2 is 1.88 bits per heavy atom. The summed E-state index contributed by atoms with van der Waals surface area (Å²) in [4.78, 5) is 11.7. The molecule has 0 atom stereocenters. The highest BCUT2D eigenvalue weighted by Crippen LogP contribution is 2.35. The summed E-state index contributed by atoms with van der Waals surface area (Å²) in [7, 11) is 1.68. The number of nitrogens with two attached hydrogens (primary N) is 1. The van der Waals surface area contributed by atoms with E-state index in [9.17, 15) is 13.2 Å². The Labute approximate surface area is 136 Å². The van der Waals surface area contributed by atoms with E-state index in [2.05, 4.69) is 20.3 Å². The van der Waals surface area contributed by atoms with Crippen LogP contribution < -0.4 is 11.1 Å². The number of hydrogen-bond acceptors (Lipinski definition) is 6. The van der Waals surface area contributed by atoms with Crippen molar-refractivity contribution < 1.29 is 17.9 Å². The molecule has 0 aliphatic heterocycles. The standard InChI is InChI=1S/C15H18F3N5O/c1-24-9-4-2-8(3-5-9)22-14-21-6-10-12(23-14)11(15(16,17)18)7-20-13(10)19/h6-9H,2-5H2,1H3,(H2,19,20)(H,21,22,23). The summed E-state index contributed by atoms with van der Waals surface area (Å²) in [5, 5.41) is 3.21. The van der Waals surface area contributed by atoms with Crippen molar-refractivity contribution in [2.45, 2.75) is 44.0 Å². The van der Waals surface area contributed by atoms with Gasteiger partial charge in [-0.2, -0.15) is 13.2 Å². The monoisotopic (exact) mass is 341 g/mol. The number of nitrogens with one attached hydrogen (secondary N) is 1. The minimum Gasteiger partial charge on any atom is -0.383 e. The molecular weight excluding hydrogens is 323 g/mol. The molecule has 1 aliphatic carbocycles. The maximum absolute atomic E-state index is 13.1. The zero-order chi connectivity index (χ0) is 17.3. The molecule has 0 aromatic carbocycles. The number of aromatic nitrogens is 3. The molecule has 6 nitrogen and oxygen atoms in total. The molecule has 130 valence electrons. The minimum atomic E-state index is -4.55. The van der Waals surface area contributed by atoms with Crippen LogP contribution in [0.15, 0.2) is 12.4 Å². The van der Waals surface area contributed by atoms with Gasteiger partial charge < -0.3 is 15.8 Å². The molecule has 24 heavy (non-hydrogen) atoms. The van der Waals surface area contributed by atoms with Crippen molar-refractivity contribution in [3.8, 4) is 0 Å². The summed E-state index contributed by atoms with van der Waals surface area (Å²) in [5.74, 6) is 0.143. The fraction of sp³-hybridized carbons (Fsp3) is 0.533. The van der Waals surface area contributed by atoms with Gasteiger partial charge in [-0.25, -0.2) is 15.0 Å². The lowest BCUT2D eigenvalue weighted by molar-refractivity contribution is -0.136. The predicted octanol–water partition coefficient (Wildman–Crippen LogP) is 3.00. The van der Waals surface area contributed by atoms with Crippen molar-refractivity contribution in [3.05, 3.63) is 18.0 Å². The lowest BCUT2D eigenvalue weighted by Crippen LogP contribution is -2.29. The third-order valence-electron chi connectivity index (χ3n) is 4.30. The molecule has 0 spiro atoms. The fourth-order valence-corrected chi connectivity index (χ4v) is 2.94. The van der Waals surface area contributed by atoms with Crippen molar-refractivity contribution in [3.63, 3.8) is 0 Å². The average Bonchev–Trinajstić information content (AvgIpc) is 2.54. The molecule has 2 heterocycles. The minimum absolute atomic E-state index is 0.0230. The predicted molar refractivity (Wildman–Crippen MR) is 83.4 cm³/mol. The van der Waals surface area contributed by atoms with Gasteiger partial charge in [0.25, 0.3) is 0 Å². The molecule has 3 rings (SSSR count). The molecule has 0 unspecified atom stereocenters. The molecule has 0 amide bonds. The first-order valence-electron chi connectivity index (χ1n) is 7.66. The lowest BCUT2D eigenvalue weighted by Gasteiger charge is -2.28. The SMILES string of the molecule is COC1CCC(Nc2ncc3c(N)ncc(C(F)(F)F)c3n2)CC1. The van der Waals surface area contributed by atoms with Crippen molar-refractivity contribution in [2.75, 3.05) is 18.2 Å². The summed E-state index contributed by atoms with van der Waals surface area (Å²) in [6.07, 6.45) is 1.17. The Kier molecular flexibility index (Phi) is 4.44. The zero-order valence-corrected chi connectivity index (χ0v) is 13.1. The number of alkyl halides is 3. The van der Waals surface area contributed by atoms with E-state index in [1.165, 1.54) is 6.20 Å².